The molecule has 2 N–H and O–H groups in total. The molecule has 6 aromatic rings. The number of aromatic nitrogens is 2. The van der Waals surface area contributed by atoms with Gasteiger partial charge in [-0.3, -0.25) is 14.6 Å². The van der Waals surface area contributed by atoms with E-state index in [1.807, 2.05) is 100 Å². The van der Waals surface area contributed by atoms with Crippen molar-refractivity contribution in [2.24, 2.45) is 0 Å². The second kappa shape index (κ2) is 18.2. The SMILES string of the molecule is Cc1nccc(-c2ccc(C[C@H](NC(=O)[C@@H]3Cc4cc5c(cc4CN3C(=O)c3nc(C(C)C)oc3C)O[C@@H](c3ccc(OCc4ccc(Cl)c(Cl)c4)cc3)CO5)C(=O)O)cc2)c1C. The van der Waals surface area contributed by atoms with Crippen molar-refractivity contribution in [2.75, 3.05) is 6.61 Å². The van der Waals surface area contributed by atoms with E-state index in [4.69, 9.17) is 41.8 Å². The van der Waals surface area contributed by atoms with Gasteiger partial charge >= 0.3 is 5.97 Å². The van der Waals surface area contributed by atoms with Gasteiger partial charge in [0.15, 0.2) is 29.2 Å². The van der Waals surface area contributed by atoms with Crippen LogP contribution in [0.3, 0.4) is 0 Å². The number of carboxylic acids is 1. The highest BCUT2D eigenvalue weighted by atomic mass is 35.5. The predicted octanol–water partition coefficient (Wildman–Crippen LogP) is 9.56. The minimum Gasteiger partial charge on any atom is -0.489 e. The number of benzene rings is 4. The predicted molar refractivity (Wildman–Crippen MR) is 238 cm³/mol. The van der Waals surface area contributed by atoms with E-state index in [0.29, 0.717) is 45.6 Å². The number of carboxylic acid groups (broad SMARTS) is 1. The molecule has 3 atom stereocenters. The van der Waals surface area contributed by atoms with Gasteiger partial charge in [0, 0.05) is 37.2 Å². The number of nitrogens with zero attached hydrogens (tertiary/aromatic N) is 3. The van der Waals surface area contributed by atoms with Gasteiger partial charge in [-0.1, -0.05) is 79.5 Å². The molecule has 4 aromatic carbocycles. The van der Waals surface area contributed by atoms with Crippen LogP contribution in [0.5, 0.6) is 17.2 Å². The monoisotopic (exact) mass is 888 g/mol. The molecule has 2 aliphatic rings. The zero-order valence-electron chi connectivity index (χ0n) is 35.4. The van der Waals surface area contributed by atoms with E-state index in [-0.39, 0.29) is 37.6 Å². The van der Waals surface area contributed by atoms with Crippen LogP contribution < -0.4 is 19.5 Å². The number of rotatable bonds is 12. The highest BCUT2D eigenvalue weighted by Crippen LogP contribution is 2.41. The fraction of sp³-hybridized carbons (Fsp3) is 0.286. The van der Waals surface area contributed by atoms with Crippen LogP contribution in [0, 0.1) is 20.8 Å². The van der Waals surface area contributed by atoms with Crippen molar-refractivity contribution in [1.82, 2.24) is 20.2 Å². The molecule has 0 saturated carbocycles. The van der Waals surface area contributed by atoms with Crippen molar-refractivity contribution < 1.29 is 38.1 Å². The molecule has 2 aromatic heterocycles. The van der Waals surface area contributed by atoms with E-state index >= 15 is 0 Å². The second-order valence-electron chi connectivity index (χ2n) is 16.2. The van der Waals surface area contributed by atoms with E-state index in [1.54, 1.807) is 25.3 Å². The van der Waals surface area contributed by atoms with Crippen molar-refractivity contribution >= 4 is 41.0 Å². The van der Waals surface area contributed by atoms with E-state index in [1.165, 1.54) is 4.90 Å². The lowest BCUT2D eigenvalue weighted by Gasteiger charge is -2.37. The number of fused-ring (bicyclic) bond motifs is 2. The topological polar surface area (TPSA) is 153 Å². The van der Waals surface area contributed by atoms with Crippen molar-refractivity contribution in [3.05, 3.63) is 158 Å². The average molecular weight is 890 g/mol. The van der Waals surface area contributed by atoms with Gasteiger partial charge in [-0.05, 0) is 108 Å². The molecule has 14 heteroatoms. The molecule has 8 rings (SSSR count). The molecule has 0 unspecified atom stereocenters. The van der Waals surface area contributed by atoms with Crippen LogP contribution in [-0.2, 0) is 35.6 Å². The molecule has 4 heterocycles. The first-order chi connectivity index (χ1) is 30.2. The minimum absolute atomic E-state index is 0.0227. The standard InChI is InChI=1S/C49H46Cl2N4O8/c1-26(2)47-54-45(29(5)62-47)48(57)55-23-35-22-43-42(61-25-44(63-43)33-11-13-36(14-12-33)60-24-31-8-15-38(50)39(51)18-31)21-34(35)20-41(55)46(56)53-40(49(58)59)19-30-6-9-32(10-7-30)37-16-17-52-28(4)27(37)3/h6-18,21-22,26,40-41,44H,19-20,23-25H2,1-5H3,(H,53,56)(H,58,59)/t40-,41-,44+/m0/s1. The number of ether oxygens (including phenoxy) is 3. The van der Waals surface area contributed by atoms with E-state index in [9.17, 15) is 19.5 Å². The molecule has 12 nitrogen and oxygen atoms in total. The smallest absolute Gasteiger partial charge is 0.326 e. The van der Waals surface area contributed by atoms with E-state index < -0.39 is 36.0 Å². The zero-order valence-corrected chi connectivity index (χ0v) is 36.9. The summed E-state index contributed by atoms with van der Waals surface area (Å²) in [5.41, 5.74) is 8.10. The van der Waals surface area contributed by atoms with Gasteiger partial charge in [-0.25, -0.2) is 9.78 Å². The highest BCUT2D eigenvalue weighted by molar-refractivity contribution is 6.42. The Kier molecular flexibility index (Phi) is 12.5. The number of carbonyl (C=O) groups excluding carboxylic acids is 2. The lowest BCUT2D eigenvalue weighted by molar-refractivity contribution is -0.142. The molecule has 2 amide bonds. The van der Waals surface area contributed by atoms with Gasteiger partial charge < -0.3 is 34.0 Å². The molecule has 63 heavy (non-hydrogen) atoms. The zero-order chi connectivity index (χ0) is 44.5. The van der Waals surface area contributed by atoms with Crippen LogP contribution in [0.25, 0.3) is 11.1 Å². The van der Waals surface area contributed by atoms with Gasteiger partial charge in [0.05, 0.1) is 10.0 Å². The third-order valence-corrected chi connectivity index (χ3v) is 12.3. The van der Waals surface area contributed by atoms with Gasteiger partial charge in [0.25, 0.3) is 5.91 Å². The van der Waals surface area contributed by atoms with Gasteiger partial charge in [0.1, 0.15) is 36.8 Å². The largest absolute Gasteiger partial charge is 0.489 e. The van der Waals surface area contributed by atoms with E-state index in [2.05, 4.69) is 15.3 Å². The first-order valence-electron chi connectivity index (χ1n) is 20.7. The first kappa shape index (κ1) is 43.3. The molecule has 0 aliphatic carbocycles. The number of pyridine rings is 1. The number of aliphatic carboxylic acids is 1. The summed E-state index contributed by atoms with van der Waals surface area (Å²) in [5.74, 6) is -0.00440. The molecule has 0 fully saturated rings. The summed E-state index contributed by atoms with van der Waals surface area (Å²) in [6, 6.07) is 23.8. The van der Waals surface area contributed by atoms with Gasteiger partial charge in [0.2, 0.25) is 5.91 Å². The number of oxazole rings is 1. The summed E-state index contributed by atoms with van der Waals surface area (Å²) in [4.78, 5) is 51.7. The summed E-state index contributed by atoms with van der Waals surface area (Å²) in [7, 11) is 0. The third kappa shape index (κ3) is 9.38. The third-order valence-electron chi connectivity index (χ3n) is 11.5. The normalized spacial score (nSPS) is 16.0. The fourth-order valence-electron chi connectivity index (χ4n) is 7.81. The summed E-state index contributed by atoms with van der Waals surface area (Å²) >= 11 is 12.2. The summed E-state index contributed by atoms with van der Waals surface area (Å²) < 4.78 is 24.5. The maximum absolute atomic E-state index is 14.4. The summed E-state index contributed by atoms with van der Waals surface area (Å²) in [5, 5.41) is 14.0. The lowest BCUT2D eigenvalue weighted by atomic mass is 9.91. The van der Waals surface area contributed by atoms with Gasteiger partial charge in [-0.2, -0.15) is 0 Å². The van der Waals surface area contributed by atoms with Crippen molar-refractivity contribution in [1.29, 1.82) is 0 Å². The number of amides is 2. The Hall–Kier alpha value is -6.37. The Balaban J connectivity index is 1.01. The van der Waals surface area contributed by atoms with Crippen LogP contribution >= 0.6 is 23.2 Å². The molecule has 2 aliphatic heterocycles. The Bertz CT molecular complexity index is 2700. The average Bonchev–Trinajstić information content (AvgIpc) is 3.68. The quantitative estimate of drug-likeness (QED) is 0.122. The highest BCUT2D eigenvalue weighted by Gasteiger charge is 2.40. The Morgan fingerprint density at radius 2 is 1.63 bits per heavy atom. The van der Waals surface area contributed by atoms with Crippen LogP contribution in [0.2, 0.25) is 10.0 Å². The second-order valence-corrected chi connectivity index (χ2v) is 17.0. The number of carbonyl (C=O) groups is 3. The summed E-state index contributed by atoms with van der Waals surface area (Å²) in [6.07, 6.45) is 1.45. The number of nitrogens with one attached hydrogen (secondary N) is 1. The Labute approximate surface area is 375 Å². The Morgan fingerprint density at radius 1 is 0.905 bits per heavy atom. The van der Waals surface area contributed by atoms with Crippen LogP contribution in [0.4, 0.5) is 0 Å². The lowest BCUT2D eigenvalue weighted by Crippen LogP contribution is -2.56. The van der Waals surface area contributed by atoms with Crippen LogP contribution in [-0.4, -0.2) is 56.4 Å². The van der Waals surface area contributed by atoms with Crippen LogP contribution in [0.15, 0.2) is 95.5 Å². The fourth-order valence-corrected chi connectivity index (χ4v) is 8.13. The van der Waals surface area contributed by atoms with Gasteiger partial charge in [-0.15, -0.1) is 0 Å². The minimum atomic E-state index is -1.27. The molecule has 0 spiro atoms. The Morgan fingerprint density at radius 3 is 2.33 bits per heavy atom. The number of hydrogen-bond acceptors (Lipinski definition) is 9. The maximum atomic E-state index is 14.4. The first-order valence-corrected chi connectivity index (χ1v) is 21.4. The van der Waals surface area contributed by atoms with Crippen LogP contribution in [0.1, 0.15) is 87.1 Å². The molecule has 0 bridgehead atoms. The number of aryl methyl sites for hydroxylation is 2. The molecular formula is C49H46Cl2N4O8. The van der Waals surface area contributed by atoms with E-state index in [0.717, 1.165) is 50.2 Å². The molecular weight excluding hydrogens is 843 g/mol. The number of hydrogen-bond donors (Lipinski definition) is 2. The molecule has 0 saturated heterocycles. The molecule has 0 radical (unpaired) electrons. The van der Waals surface area contributed by atoms with Crippen molar-refractivity contribution in [3.63, 3.8) is 0 Å². The van der Waals surface area contributed by atoms with Crippen molar-refractivity contribution in [2.45, 2.75) is 84.7 Å². The maximum Gasteiger partial charge on any atom is 0.326 e. The van der Waals surface area contributed by atoms with Crippen molar-refractivity contribution in [3.8, 4) is 28.4 Å². The number of halogens is 2. The molecule has 324 valence electrons. The summed E-state index contributed by atoms with van der Waals surface area (Å²) in [6.45, 7) is 10.0.